The molecule has 0 spiro atoms. The lowest BCUT2D eigenvalue weighted by Gasteiger charge is -2.18. The van der Waals surface area contributed by atoms with Gasteiger partial charge in [-0.3, -0.25) is 4.99 Å². The molecular weight excluding hydrogens is 264 g/mol. The van der Waals surface area contributed by atoms with Crippen molar-refractivity contribution in [2.45, 2.75) is 51.7 Å². The number of nitrogens with zero attached hydrogens (tertiary/aromatic N) is 1. The van der Waals surface area contributed by atoms with Crippen LogP contribution in [0.15, 0.2) is 29.3 Å². The number of hydrogen-bond donors (Lipinski definition) is 1. The smallest absolute Gasteiger partial charge is 0.161 e. The lowest BCUT2D eigenvalue weighted by Crippen LogP contribution is -2.17. The molecule has 0 fully saturated rings. The standard InChI is InChI=1S/C17H26N2S/c1-4-7-13-8-10-15(11-9-13)19-17-18-12-16(20-17)14(5-2)6-3/h8-11,14,16H,4-7,12H2,1-3H3,(H,18,19). The minimum absolute atomic E-state index is 0.659. The van der Waals surface area contributed by atoms with Gasteiger partial charge in [0.05, 0.1) is 6.54 Å². The maximum Gasteiger partial charge on any atom is 0.161 e. The molecule has 1 aliphatic rings. The molecule has 2 nitrogen and oxygen atoms in total. The predicted molar refractivity (Wildman–Crippen MR) is 91.8 cm³/mol. The van der Waals surface area contributed by atoms with Gasteiger partial charge in [-0.1, -0.05) is 63.9 Å². The van der Waals surface area contributed by atoms with Gasteiger partial charge in [-0.2, -0.15) is 0 Å². The van der Waals surface area contributed by atoms with Gasteiger partial charge in [-0.25, -0.2) is 0 Å². The van der Waals surface area contributed by atoms with Crippen LogP contribution >= 0.6 is 11.8 Å². The number of amidine groups is 1. The molecule has 1 aromatic carbocycles. The Morgan fingerprint density at radius 3 is 2.50 bits per heavy atom. The zero-order valence-corrected chi connectivity index (χ0v) is 13.7. The van der Waals surface area contributed by atoms with E-state index < -0.39 is 0 Å². The van der Waals surface area contributed by atoms with Gasteiger partial charge in [-0.15, -0.1) is 0 Å². The van der Waals surface area contributed by atoms with E-state index in [0.717, 1.165) is 29.7 Å². The van der Waals surface area contributed by atoms with Crippen LogP contribution in [0, 0.1) is 5.92 Å². The first-order valence-corrected chi connectivity index (χ1v) is 8.71. The lowest BCUT2D eigenvalue weighted by atomic mass is 9.99. The summed E-state index contributed by atoms with van der Waals surface area (Å²) in [6, 6.07) is 8.76. The SMILES string of the molecule is CCCc1ccc(NC2=NCC(C(CC)CC)S2)cc1. The fraction of sp³-hybridized carbons (Fsp3) is 0.588. The molecule has 1 heterocycles. The van der Waals surface area contributed by atoms with E-state index in [1.54, 1.807) is 0 Å². The van der Waals surface area contributed by atoms with E-state index >= 15 is 0 Å². The summed E-state index contributed by atoms with van der Waals surface area (Å²) >= 11 is 1.92. The van der Waals surface area contributed by atoms with Crippen molar-refractivity contribution in [3.05, 3.63) is 29.8 Å². The largest absolute Gasteiger partial charge is 0.335 e. The van der Waals surface area contributed by atoms with Crippen LogP contribution in [0.3, 0.4) is 0 Å². The molecule has 0 aromatic heterocycles. The third-order valence-electron chi connectivity index (χ3n) is 4.00. The molecular formula is C17H26N2S. The highest BCUT2D eigenvalue weighted by molar-refractivity contribution is 8.15. The molecule has 110 valence electrons. The summed E-state index contributed by atoms with van der Waals surface area (Å²) in [4.78, 5) is 4.66. The van der Waals surface area contributed by atoms with Crippen LogP contribution in [0.4, 0.5) is 5.69 Å². The van der Waals surface area contributed by atoms with Crippen molar-refractivity contribution in [2.75, 3.05) is 11.9 Å². The van der Waals surface area contributed by atoms with Crippen LogP contribution in [-0.4, -0.2) is 17.0 Å². The van der Waals surface area contributed by atoms with E-state index in [9.17, 15) is 0 Å². The van der Waals surface area contributed by atoms with Crippen LogP contribution in [0.1, 0.15) is 45.6 Å². The van der Waals surface area contributed by atoms with Gasteiger partial charge < -0.3 is 5.32 Å². The summed E-state index contributed by atoms with van der Waals surface area (Å²) in [5.74, 6) is 0.787. The Labute approximate surface area is 127 Å². The third kappa shape index (κ3) is 4.02. The molecule has 0 amide bonds. The second-order valence-electron chi connectivity index (χ2n) is 5.45. The summed E-state index contributed by atoms with van der Waals surface area (Å²) in [5, 5.41) is 5.20. The molecule has 1 atom stereocenters. The summed E-state index contributed by atoms with van der Waals surface area (Å²) in [6.45, 7) is 7.75. The molecule has 1 unspecified atom stereocenters. The maximum absolute atomic E-state index is 4.66. The number of hydrogen-bond acceptors (Lipinski definition) is 3. The second-order valence-corrected chi connectivity index (χ2v) is 6.68. The average Bonchev–Trinajstić information content (AvgIpc) is 2.91. The fourth-order valence-electron chi connectivity index (χ4n) is 2.69. The van der Waals surface area contributed by atoms with E-state index in [1.165, 1.54) is 24.8 Å². The van der Waals surface area contributed by atoms with Crippen molar-refractivity contribution in [2.24, 2.45) is 10.9 Å². The zero-order chi connectivity index (χ0) is 14.4. The highest BCUT2D eigenvalue weighted by Gasteiger charge is 2.25. The summed E-state index contributed by atoms with van der Waals surface area (Å²) in [7, 11) is 0. The number of aryl methyl sites for hydroxylation is 1. The Morgan fingerprint density at radius 2 is 1.90 bits per heavy atom. The van der Waals surface area contributed by atoms with E-state index in [-0.39, 0.29) is 0 Å². The zero-order valence-electron chi connectivity index (χ0n) is 12.9. The minimum atomic E-state index is 0.659. The molecule has 0 saturated carbocycles. The number of nitrogens with one attached hydrogen (secondary N) is 1. The number of thioether (sulfide) groups is 1. The van der Waals surface area contributed by atoms with Gasteiger partial charge in [0.25, 0.3) is 0 Å². The fourth-order valence-corrected chi connectivity index (χ4v) is 4.03. The Morgan fingerprint density at radius 1 is 1.20 bits per heavy atom. The molecule has 0 aliphatic carbocycles. The molecule has 0 saturated heterocycles. The van der Waals surface area contributed by atoms with Crippen molar-refractivity contribution < 1.29 is 0 Å². The second kappa shape index (κ2) is 7.72. The van der Waals surface area contributed by atoms with Gasteiger partial charge in [0.1, 0.15) is 0 Å². The minimum Gasteiger partial charge on any atom is -0.335 e. The van der Waals surface area contributed by atoms with E-state index in [2.05, 4.69) is 55.3 Å². The summed E-state index contributed by atoms with van der Waals surface area (Å²) < 4.78 is 0. The Kier molecular flexibility index (Phi) is 5.96. The van der Waals surface area contributed by atoms with E-state index in [0.29, 0.717) is 5.25 Å². The normalized spacial score (nSPS) is 18.4. The lowest BCUT2D eigenvalue weighted by molar-refractivity contribution is 0.479. The molecule has 3 heteroatoms. The molecule has 1 aliphatic heterocycles. The van der Waals surface area contributed by atoms with Crippen molar-refractivity contribution in [3.63, 3.8) is 0 Å². The molecule has 0 bridgehead atoms. The average molecular weight is 290 g/mol. The molecule has 0 radical (unpaired) electrons. The topological polar surface area (TPSA) is 24.4 Å². The number of rotatable bonds is 6. The van der Waals surface area contributed by atoms with Crippen molar-refractivity contribution in [1.29, 1.82) is 0 Å². The van der Waals surface area contributed by atoms with Gasteiger partial charge in [-0.05, 0) is 30.0 Å². The van der Waals surface area contributed by atoms with Crippen LogP contribution in [-0.2, 0) is 6.42 Å². The Balaban J connectivity index is 1.88. The van der Waals surface area contributed by atoms with Crippen LogP contribution in [0.2, 0.25) is 0 Å². The quantitative estimate of drug-likeness (QED) is 0.801. The third-order valence-corrected chi connectivity index (χ3v) is 5.29. The van der Waals surface area contributed by atoms with Crippen LogP contribution in [0.25, 0.3) is 0 Å². The van der Waals surface area contributed by atoms with E-state index in [4.69, 9.17) is 0 Å². The summed E-state index contributed by atoms with van der Waals surface area (Å²) in [6.07, 6.45) is 4.87. The molecule has 20 heavy (non-hydrogen) atoms. The van der Waals surface area contributed by atoms with Crippen molar-refractivity contribution in [1.82, 2.24) is 0 Å². The number of anilines is 1. The molecule has 1 aromatic rings. The van der Waals surface area contributed by atoms with Crippen molar-refractivity contribution in [3.8, 4) is 0 Å². The van der Waals surface area contributed by atoms with Crippen molar-refractivity contribution >= 4 is 22.6 Å². The molecule has 1 N–H and O–H groups in total. The Bertz CT molecular complexity index is 435. The monoisotopic (exact) mass is 290 g/mol. The number of aliphatic imine (C=N–C) groups is 1. The van der Waals surface area contributed by atoms with Crippen LogP contribution in [0.5, 0.6) is 0 Å². The molecule has 2 rings (SSSR count). The Hall–Kier alpha value is -0.960. The van der Waals surface area contributed by atoms with Gasteiger partial charge in [0.15, 0.2) is 5.17 Å². The highest BCUT2D eigenvalue weighted by Crippen LogP contribution is 2.31. The predicted octanol–water partition coefficient (Wildman–Crippen LogP) is 4.96. The first-order valence-electron chi connectivity index (χ1n) is 7.83. The van der Waals surface area contributed by atoms with Crippen LogP contribution < -0.4 is 5.32 Å². The summed E-state index contributed by atoms with van der Waals surface area (Å²) in [5.41, 5.74) is 2.57. The van der Waals surface area contributed by atoms with Gasteiger partial charge >= 0.3 is 0 Å². The van der Waals surface area contributed by atoms with Gasteiger partial charge in [0, 0.05) is 10.9 Å². The first-order chi connectivity index (χ1) is 9.76. The highest BCUT2D eigenvalue weighted by atomic mass is 32.2. The van der Waals surface area contributed by atoms with Gasteiger partial charge in [0.2, 0.25) is 0 Å². The maximum atomic E-state index is 4.66. The van der Waals surface area contributed by atoms with E-state index in [1.807, 2.05) is 11.8 Å². The first kappa shape index (κ1) is 15.4. The number of benzene rings is 1.